The topological polar surface area (TPSA) is 57.2 Å². The fourth-order valence-corrected chi connectivity index (χ4v) is 3.83. The summed E-state index contributed by atoms with van der Waals surface area (Å²) in [5.74, 6) is -0.577. The zero-order valence-corrected chi connectivity index (χ0v) is 17.0. The van der Waals surface area contributed by atoms with E-state index in [2.05, 4.69) is 15.2 Å². The van der Waals surface area contributed by atoms with E-state index in [1.807, 2.05) is 11.8 Å². The van der Waals surface area contributed by atoms with Crippen LogP contribution in [0.3, 0.4) is 0 Å². The van der Waals surface area contributed by atoms with Crippen LogP contribution in [0, 0.1) is 17.6 Å². The molecule has 160 valence electrons. The van der Waals surface area contributed by atoms with E-state index in [9.17, 15) is 13.6 Å². The number of benzene rings is 1. The predicted octanol–water partition coefficient (Wildman–Crippen LogP) is 2.04. The number of guanidine groups is 1. The third-order valence-corrected chi connectivity index (χ3v) is 5.48. The number of ether oxygens (including phenoxy) is 1. The van der Waals surface area contributed by atoms with Crippen molar-refractivity contribution < 1.29 is 18.3 Å². The minimum atomic E-state index is -0.828. The highest BCUT2D eigenvalue weighted by Crippen LogP contribution is 2.20. The number of hydrogen-bond acceptors (Lipinski definition) is 3. The van der Waals surface area contributed by atoms with Gasteiger partial charge >= 0.3 is 0 Å². The van der Waals surface area contributed by atoms with Crippen LogP contribution in [-0.4, -0.2) is 74.1 Å². The number of aliphatic imine (C=N–C) groups is 1. The van der Waals surface area contributed by atoms with Gasteiger partial charge < -0.3 is 19.9 Å². The molecule has 0 spiro atoms. The van der Waals surface area contributed by atoms with Crippen LogP contribution in [0.1, 0.15) is 25.3 Å². The molecule has 0 bridgehead atoms. The van der Waals surface area contributed by atoms with Gasteiger partial charge in [0.15, 0.2) is 17.6 Å². The highest BCUT2D eigenvalue weighted by atomic mass is 19.2. The maximum atomic E-state index is 13.8. The number of nitrogens with one attached hydrogen (secondary N) is 1. The summed E-state index contributed by atoms with van der Waals surface area (Å²) in [7, 11) is 0. The first-order chi connectivity index (χ1) is 14.1. The summed E-state index contributed by atoms with van der Waals surface area (Å²) in [5.41, 5.74) is 0.333. The average Bonchev–Trinajstić information content (AvgIpc) is 2.76. The molecule has 2 heterocycles. The standard InChI is InChI=1S/C21H30F2N4O2/c1-2-24-21(25-9-6-16-4-3-5-18(22)19(16)23)27-10-7-17(8-11-27)20(28)26-12-14-29-15-13-26/h3-5,17H,2,6-15H2,1H3,(H,24,25). The molecule has 6 nitrogen and oxygen atoms in total. The Labute approximate surface area is 170 Å². The fourth-order valence-electron chi connectivity index (χ4n) is 3.83. The molecule has 2 aliphatic heterocycles. The van der Waals surface area contributed by atoms with Crippen molar-refractivity contribution in [3.05, 3.63) is 35.4 Å². The molecule has 2 aliphatic rings. The number of hydrogen-bond donors (Lipinski definition) is 1. The van der Waals surface area contributed by atoms with Gasteiger partial charge in [-0.3, -0.25) is 9.79 Å². The molecule has 0 aliphatic carbocycles. The quantitative estimate of drug-likeness (QED) is 0.599. The third kappa shape index (κ3) is 5.65. The molecule has 1 aromatic rings. The predicted molar refractivity (Wildman–Crippen MR) is 108 cm³/mol. The monoisotopic (exact) mass is 408 g/mol. The van der Waals surface area contributed by atoms with Crippen LogP contribution in [-0.2, 0) is 16.0 Å². The summed E-state index contributed by atoms with van der Waals surface area (Å²) >= 11 is 0. The van der Waals surface area contributed by atoms with E-state index < -0.39 is 11.6 Å². The summed E-state index contributed by atoms with van der Waals surface area (Å²) in [6.07, 6.45) is 1.92. The van der Waals surface area contributed by atoms with Crippen molar-refractivity contribution >= 4 is 11.9 Å². The second-order valence-corrected chi connectivity index (χ2v) is 7.40. The Morgan fingerprint density at radius 3 is 2.59 bits per heavy atom. The zero-order valence-electron chi connectivity index (χ0n) is 17.0. The van der Waals surface area contributed by atoms with E-state index in [-0.39, 0.29) is 11.8 Å². The summed E-state index contributed by atoms with van der Waals surface area (Å²) in [6, 6.07) is 4.22. The normalized spacial score (nSPS) is 18.8. The lowest BCUT2D eigenvalue weighted by Gasteiger charge is -2.36. The van der Waals surface area contributed by atoms with Gasteiger partial charge in [-0.05, 0) is 37.8 Å². The van der Waals surface area contributed by atoms with Crippen molar-refractivity contribution in [3.8, 4) is 0 Å². The molecule has 0 aromatic heterocycles. The van der Waals surface area contributed by atoms with Gasteiger partial charge in [0.05, 0.1) is 13.2 Å². The van der Waals surface area contributed by atoms with Crippen LogP contribution in [0.15, 0.2) is 23.2 Å². The molecule has 0 saturated carbocycles. The number of halogens is 2. The molecule has 2 saturated heterocycles. The molecule has 0 unspecified atom stereocenters. The van der Waals surface area contributed by atoms with Crippen molar-refractivity contribution in [2.24, 2.45) is 10.9 Å². The summed E-state index contributed by atoms with van der Waals surface area (Å²) < 4.78 is 32.5. The van der Waals surface area contributed by atoms with Gasteiger partial charge in [0, 0.05) is 45.2 Å². The SMILES string of the molecule is CCNC(=NCCc1cccc(F)c1F)N1CCC(C(=O)N2CCOCC2)CC1. The lowest BCUT2D eigenvalue weighted by Crippen LogP contribution is -2.50. The third-order valence-electron chi connectivity index (χ3n) is 5.48. The van der Waals surface area contributed by atoms with E-state index in [1.54, 1.807) is 6.07 Å². The number of amides is 1. The molecule has 2 fully saturated rings. The molecular formula is C21H30F2N4O2. The van der Waals surface area contributed by atoms with Gasteiger partial charge in [-0.25, -0.2) is 8.78 Å². The summed E-state index contributed by atoms with van der Waals surface area (Å²) in [6.45, 7) is 7.19. The molecule has 1 amide bonds. The fraction of sp³-hybridized carbons (Fsp3) is 0.619. The number of rotatable bonds is 5. The molecular weight excluding hydrogens is 378 g/mol. The Morgan fingerprint density at radius 2 is 1.90 bits per heavy atom. The number of piperidine rings is 1. The van der Waals surface area contributed by atoms with Crippen molar-refractivity contribution in [3.63, 3.8) is 0 Å². The van der Waals surface area contributed by atoms with Gasteiger partial charge in [0.1, 0.15) is 0 Å². The number of carbonyl (C=O) groups excluding carboxylic acids is 1. The minimum absolute atomic E-state index is 0.0496. The number of nitrogens with zero attached hydrogens (tertiary/aromatic N) is 3. The van der Waals surface area contributed by atoms with Gasteiger partial charge in [0.25, 0.3) is 0 Å². The first-order valence-corrected chi connectivity index (χ1v) is 10.4. The maximum absolute atomic E-state index is 13.8. The van der Waals surface area contributed by atoms with Gasteiger partial charge in [-0.1, -0.05) is 12.1 Å². The molecule has 1 aromatic carbocycles. The second kappa shape index (κ2) is 10.5. The van der Waals surface area contributed by atoms with E-state index in [1.165, 1.54) is 6.07 Å². The lowest BCUT2D eigenvalue weighted by atomic mass is 9.95. The van der Waals surface area contributed by atoms with E-state index >= 15 is 0 Å². The highest BCUT2D eigenvalue weighted by molar-refractivity contribution is 5.82. The van der Waals surface area contributed by atoms with Crippen LogP contribution in [0.2, 0.25) is 0 Å². The average molecular weight is 408 g/mol. The van der Waals surface area contributed by atoms with Crippen LogP contribution < -0.4 is 5.32 Å². The van der Waals surface area contributed by atoms with Crippen molar-refractivity contribution in [2.45, 2.75) is 26.2 Å². The molecule has 29 heavy (non-hydrogen) atoms. The Bertz CT molecular complexity index is 715. The summed E-state index contributed by atoms with van der Waals surface area (Å²) in [5, 5.41) is 3.27. The number of likely N-dealkylation sites (tertiary alicyclic amines) is 1. The second-order valence-electron chi connectivity index (χ2n) is 7.40. The Balaban J connectivity index is 1.53. The van der Waals surface area contributed by atoms with Crippen LogP contribution >= 0.6 is 0 Å². The van der Waals surface area contributed by atoms with Crippen LogP contribution in [0.5, 0.6) is 0 Å². The summed E-state index contributed by atoms with van der Waals surface area (Å²) in [4.78, 5) is 21.3. The van der Waals surface area contributed by atoms with E-state index in [4.69, 9.17) is 4.74 Å². The number of morpholine rings is 1. The molecule has 0 atom stereocenters. The van der Waals surface area contributed by atoms with Crippen molar-refractivity contribution in [1.29, 1.82) is 0 Å². The van der Waals surface area contributed by atoms with Gasteiger partial charge in [-0.15, -0.1) is 0 Å². The van der Waals surface area contributed by atoms with Crippen LogP contribution in [0.25, 0.3) is 0 Å². The maximum Gasteiger partial charge on any atom is 0.225 e. The van der Waals surface area contributed by atoms with Crippen LogP contribution in [0.4, 0.5) is 8.78 Å². The Morgan fingerprint density at radius 1 is 1.17 bits per heavy atom. The number of carbonyl (C=O) groups is 1. The van der Waals surface area contributed by atoms with Crippen molar-refractivity contribution in [1.82, 2.24) is 15.1 Å². The Kier molecular flexibility index (Phi) is 7.80. The molecule has 8 heteroatoms. The molecule has 1 N–H and O–H groups in total. The van der Waals surface area contributed by atoms with Gasteiger partial charge in [-0.2, -0.15) is 0 Å². The Hall–Kier alpha value is -2.22. The molecule has 0 radical (unpaired) electrons. The first-order valence-electron chi connectivity index (χ1n) is 10.4. The smallest absolute Gasteiger partial charge is 0.225 e. The van der Waals surface area contributed by atoms with E-state index in [0.29, 0.717) is 44.8 Å². The molecule has 3 rings (SSSR count). The van der Waals surface area contributed by atoms with Crippen molar-refractivity contribution in [2.75, 3.05) is 52.5 Å². The van der Waals surface area contributed by atoms with E-state index in [0.717, 1.165) is 44.5 Å². The highest BCUT2D eigenvalue weighted by Gasteiger charge is 2.30. The largest absolute Gasteiger partial charge is 0.378 e. The minimum Gasteiger partial charge on any atom is -0.378 e. The zero-order chi connectivity index (χ0) is 20.6. The first kappa shape index (κ1) is 21.5. The lowest BCUT2D eigenvalue weighted by molar-refractivity contribution is -0.140. The van der Waals surface area contributed by atoms with Gasteiger partial charge in [0.2, 0.25) is 5.91 Å².